The van der Waals surface area contributed by atoms with Crippen LogP contribution in [-0.4, -0.2) is 48.7 Å². The van der Waals surface area contributed by atoms with E-state index < -0.39 is 0 Å². The van der Waals surface area contributed by atoms with Gasteiger partial charge in [-0.05, 0) is 51.0 Å². The molecule has 0 N–H and O–H groups in total. The predicted octanol–water partition coefficient (Wildman–Crippen LogP) is 2.69. The zero-order valence-corrected chi connectivity index (χ0v) is 14.9. The Hall–Kier alpha value is -2.37. The fourth-order valence-electron chi connectivity index (χ4n) is 3.30. The average Bonchev–Trinajstić information content (AvgIpc) is 3.08. The van der Waals surface area contributed by atoms with Crippen LogP contribution < -0.4 is 5.01 Å². The van der Waals surface area contributed by atoms with Gasteiger partial charge in [0.1, 0.15) is 0 Å². The van der Waals surface area contributed by atoms with Crippen LogP contribution in [0.4, 0.5) is 5.69 Å². The number of amides is 1. The molecule has 0 saturated carbocycles. The summed E-state index contributed by atoms with van der Waals surface area (Å²) in [5, 5.41) is 6.44. The third-order valence-corrected chi connectivity index (χ3v) is 4.79. The summed E-state index contributed by atoms with van der Waals surface area (Å²) in [6.07, 6.45) is 2.32. The van der Waals surface area contributed by atoms with E-state index in [2.05, 4.69) is 5.10 Å². The van der Waals surface area contributed by atoms with Gasteiger partial charge in [-0.25, -0.2) is 0 Å². The lowest BCUT2D eigenvalue weighted by atomic mass is 9.96. The first-order valence-corrected chi connectivity index (χ1v) is 8.96. The Labute approximate surface area is 148 Å². The first-order valence-electron chi connectivity index (χ1n) is 8.96. The third kappa shape index (κ3) is 4.00. The smallest absolute Gasteiger partial charge is 0.309 e. The Morgan fingerprint density at radius 2 is 1.84 bits per heavy atom. The zero-order valence-electron chi connectivity index (χ0n) is 14.9. The van der Waals surface area contributed by atoms with Crippen molar-refractivity contribution in [3.8, 4) is 0 Å². The number of ether oxygens (including phenoxy) is 1. The fourth-order valence-corrected chi connectivity index (χ4v) is 3.30. The fraction of sp³-hybridized carbons (Fsp3) is 0.526. The number of anilines is 1. The number of rotatable bonds is 4. The number of carbonyl (C=O) groups is 2. The first-order chi connectivity index (χ1) is 12.1. The molecule has 0 aliphatic carbocycles. The number of carbonyl (C=O) groups excluding carboxylic acids is 2. The number of nitrogens with zero attached hydrogens (tertiary/aromatic N) is 3. The van der Waals surface area contributed by atoms with E-state index in [9.17, 15) is 9.59 Å². The third-order valence-electron chi connectivity index (χ3n) is 4.79. The van der Waals surface area contributed by atoms with Crippen LogP contribution in [0.5, 0.6) is 0 Å². The van der Waals surface area contributed by atoms with Gasteiger partial charge in [0.05, 0.1) is 18.2 Å². The van der Waals surface area contributed by atoms with Crippen LogP contribution in [0.3, 0.4) is 0 Å². The summed E-state index contributed by atoms with van der Waals surface area (Å²) in [4.78, 5) is 26.3. The Morgan fingerprint density at radius 1 is 1.16 bits per heavy atom. The van der Waals surface area contributed by atoms with Crippen LogP contribution in [0.25, 0.3) is 0 Å². The second-order valence-corrected chi connectivity index (χ2v) is 6.57. The normalized spacial score (nSPS) is 18.2. The van der Waals surface area contributed by atoms with Gasteiger partial charge in [-0.1, -0.05) is 0 Å². The second kappa shape index (κ2) is 7.68. The minimum atomic E-state index is -0.139. The monoisotopic (exact) mass is 343 g/mol. The molecule has 2 aliphatic heterocycles. The van der Waals surface area contributed by atoms with Crippen molar-refractivity contribution in [2.75, 3.05) is 31.3 Å². The summed E-state index contributed by atoms with van der Waals surface area (Å²) in [6.45, 7) is 6.33. The summed E-state index contributed by atoms with van der Waals surface area (Å²) >= 11 is 0. The van der Waals surface area contributed by atoms with Crippen molar-refractivity contribution in [2.24, 2.45) is 11.0 Å². The van der Waals surface area contributed by atoms with E-state index in [1.165, 1.54) is 0 Å². The molecule has 2 aliphatic rings. The van der Waals surface area contributed by atoms with E-state index in [1.807, 2.05) is 48.0 Å². The highest BCUT2D eigenvalue weighted by Gasteiger charge is 2.28. The van der Waals surface area contributed by atoms with Gasteiger partial charge in [0.25, 0.3) is 5.91 Å². The molecule has 0 spiro atoms. The SMILES string of the molecule is CCOC(=O)C1CCN(C(=O)c2ccc(N3CCC(C)=N3)cc2)CC1. The number of benzene rings is 1. The van der Waals surface area contributed by atoms with Gasteiger partial charge in [0, 0.05) is 37.3 Å². The van der Waals surface area contributed by atoms with Crippen molar-refractivity contribution in [2.45, 2.75) is 33.1 Å². The molecule has 0 unspecified atom stereocenters. The van der Waals surface area contributed by atoms with Crippen molar-refractivity contribution >= 4 is 23.3 Å². The number of hydrogen-bond acceptors (Lipinski definition) is 5. The van der Waals surface area contributed by atoms with Gasteiger partial charge in [-0.15, -0.1) is 0 Å². The zero-order chi connectivity index (χ0) is 17.8. The number of esters is 1. The number of likely N-dealkylation sites (tertiary alicyclic amines) is 1. The lowest BCUT2D eigenvalue weighted by molar-refractivity contribution is -0.149. The molecule has 6 heteroatoms. The minimum absolute atomic E-state index is 0.0231. The van der Waals surface area contributed by atoms with Gasteiger partial charge in [-0.3, -0.25) is 14.6 Å². The summed E-state index contributed by atoms with van der Waals surface area (Å²) in [5.41, 5.74) is 2.82. The van der Waals surface area contributed by atoms with Crippen molar-refractivity contribution in [3.63, 3.8) is 0 Å². The number of hydrogen-bond donors (Lipinski definition) is 0. The summed E-state index contributed by atoms with van der Waals surface area (Å²) in [6, 6.07) is 7.61. The highest BCUT2D eigenvalue weighted by Crippen LogP contribution is 2.23. The molecule has 0 aromatic heterocycles. The van der Waals surface area contributed by atoms with Crippen LogP contribution in [0.2, 0.25) is 0 Å². The summed E-state index contributed by atoms with van der Waals surface area (Å²) in [7, 11) is 0. The maximum atomic E-state index is 12.7. The largest absolute Gasteiger partial charge is 0.466 e. The van der Waals surface area contributed by atoms with Gasteiger partial charge >= 0.3 is 5.97 Å². The Balaban J connectivity index is 1.58. The van der Waals surface area contributed by atoms with E-state index >= 15 is 0 Å². The first kappa shape index (κ1) is 17.5. The molecule has 2 heterocycles. The Morgan fingerprint density at radius 3 is 2.40 bits per heavy atom. The van der Waals surface area contributed by atoms with E-state index in [0.29, 0.717) is 38.1 Å². The summed E-state index contributed by atoms with van der Waals surface area (Å²) < 4.78 is 5.07. The molecule has 1 amide bonds. The van der Waals surface area contributed by atoms with E-state index in [1.54, 1.807) is 0 Å². The van der Waals surface area contributed by atoms with E-state index in [0.717, 1.165) is 24.4 Å². The van der Waals surface area contributed by atoms with Crippen LogP contribution >= 0.6 is 0 Å². The molecule has 6 nitrogen and oxygen atoms in total. The molecule has 134 valence electrons. The van der Waals surface area contributed by atoms with Gasteiger partial charge < -0.3 is 9.64 Å². The maximum Gasteiger partial charge on any atom is 0.309 e. The van der Waals surface area contributed by atoms with Gasteiger partial charge in [0.15, 0.2) is 0 Å². The summed E-state index contributed by atoms with van der Waals surface area (Å²) in [5.74, 6) is -0.196. The van der Waals surface area contributed by atoms with Crippen molar-refractivity contribution in [1.82, 2.24) is 4.90 Å². The standard InChI is InChI=1S/C19H25N3O3/c1-3-25-19(24)16-9-11-21(12-10-16)18(23)15-4-6-17(7-5-15)22-13-8-14(2)20-22/h4-7,16H,3,8-13H2,1-2H3. The molecule has 1 fully saturated rings. The van der Waals surface area contributed by atoms with Crippen molar-refractivity contribution < 1.29 is 14.3 Å². The van der Waals surface area contributed by atoms with Crippen LogP contribution in [-0.2, 0) is 9.53 Å². The van der Waals surface area contributed by atoms with Gasteiger partial charge in [0.2, 0.25) is 0 Å². The van der Waals surface area contributed by atoms with Crippen LogP contribution in [0.15, 0.2) is 29.4 Å². The minimum Gasteiger partial charge on any atom is -0.466 e. The number of hydrazone groups is 1. The highest BCUT2D eigenvalue weighted by molar-refractivity contribution is 5.95. The average molecular weight is 343 g/mol. The number of piperidine rings is 1. The molecule has 1 aromatic carbocycles. The van der Waals surface area contributed by atoms with E-state index in [4.69, 9.17) is 4.74 Å². The topological polar surface area (TPSA) is 62.2 Å². The van der Waals surface area contributed by atoms with Crippen LogP contribution in [0, 0.1) is 5.92 Å². The molecule has 25 heavy (non-hydrogen) atoms. The highest BCUT2D eigenvalue weighted by atomic mass is 16.5. The molecule has 0 atom stereocenters. The molecule has 3 rings (SSSR count). The van der Waals surface area contributed by atoms with Crippen molar-refractivity contribution in [3.05, 3.63) is 29.8 Å². The lowest BCUT2D eigenvalue weighted by Gasteiger charge is -2.31. The quantitative estimate of drug-likeness (QED) is 0.789. The molecule has 1 aromatic rings. The van der Waals surface area contributed by atoms with Crippen molar-refractivity contribution in [1.29, 1.82) is 0 Å². The van der Waals surface area contributed by atoms with Crippen LogP contribution in [0.1, 0.15) is 43.5 Å². The second-order valence-electron chi connectivity index (χ2n) is 6.57. The molecule has 0 radical (unpaired) electrons. The molecule has 1 saturated heterocycles. The molecular formula is C19H25N3O3. The molecule has 0 bridgehead atoms. The lowest BCUT2D eigenvalue weighted by Crippen LogP contribution is -2.40. The predicted molar refractivity (Wildman–Crippen MR) is 96.8 cm³/mol. The Bertz CT molecular complexity index is 661. The van der Waals surface area contributed by atoms with E-state index in [-0.39, 0.29) is 17.8 Å². The van der Waals surface area contributed by atoms with Gasteiger partial charge in [-0.2, -0.15) is 5.10 Å². The Kier molecular flexibility index (Phi) is 5.36. The maximum absolute atomic E-state index is 12.7. The molecular weight excluding hydrogens is 318 g/mol.